The molecule has 2 fully saturated rings. The molecule has 0 atom stereocenters. The first-order chi connectivity index (χ1) is 9.63. The summed E-state index contributed by atoms with van der Waals surface area (Å²) in [5.41, 5.74) is -0.798. The zero-order valence-corrected chi connectivity index (χ0v) is 12.0. The molecule has 0 aromatic rings. The van der Waals surface area contributed by atoms with Gasteiger partial charge in [-0.3, -0.25) is 4.79 Å². The minimum Gasteiger partial charge on any atom is -0.338 e. The quantitative estimate of drug-likeness (QED) is 0.817. The maximum absolute atomic E-state index is 12.5. The number of urea groups is 1. The fourth-order valence-corrected chi connectivity index (χ4v) is 3.03. The molecule has 6 heteroatoms. The summed E-state index contributed by atoms with van der Waals surface area (Å²) >= 11 is 0. The Balaban J connectivity index is 1.92. The van der Waals surface area contributed by atoms with Crippen molar-refractivity contribution in [2.45, 2.75) is 32.6 Å². The number of nitriles is 1. The number of carbonyl (C=O) groups is 2. The van der Waals surface area contributed by atoms with Gasteiger partial charge >= 0.3 is 6.03 Å². The van der Waals surface area contributed by atoms with Crippen LogP contribution < -0.4 is 5.32 Å². The molecule has 1 N–H and O–H groups in total. The van der Waals surface area contributed by atoms with Gasteiger partial charge in [-0.2, -0.15) is 5.26 Å². The van der Waals surface area contributed by atoms with Gasteiger partial charge in [0, 0.05) is 32.7 Å². The summed E-state index contributed by atoms with van der Waals surface area (Å²) in [6, 6.07) is 2.17. The molecule has 110 valence electrons. The van der Waals surface area contributed by atoms with Gasteiger partial charge in [-0.05, 0) is 19.8 Å². The van der Waals surface area contributed by atoms with E-state index in [0.717, 1.165) is 12.8 Å². The average Bonchev–Trinajstić information content (AvgIpc) is 2.97. The van der Waals surface area contributed by atoms with Crippen molar-refractivity contribution in [1.82, 2.24) is 15.1 Å². The molecular formula is C14H22N4O2. The van der Waals surface area contributed by atoms with Crippen LogP contribution in [0.2, 0.25) is 0 Å². The molecule has 6 nitrogen and oxygen atoms in total. The number of nitrogens with one attached hydrogen (secondary N) is 1. The van der Waals surface area contributed by atoms with E-state index in [2.05, 4.69) is 11.4 Å². The highest BCUT2D eigenvalue weighted by atomic mass is 16.2. The van der Waals surface area contributed by atoms with Crippen LogP contribution >= 0.6 is 0 Å². The number of nitrogens with zero attached hydrogens (tertiary/aromatic N) is 3. The Bertz CT molecular complexity index is 415. The van der Waals surface area contributed by atoms with Crippen LogP contribution in [-0.4, -0.2) is 54.5 Å². The zero-order valence-electron chi connectivity index (χ0n) is 12.0. The Morgan fingerprint density at radius 2 is 1.70 bits per heavy atom. The van der Waals surface area contributed by atoms with Gasteiger partial charge in [0.1, 0.15) is 5.41 Å². The van der Waals surface area contributed by atoms with Crippen LogP contribution in [-0.2, 0) is 4.79 Å². The van der Waals surface area contributed by atoms with Crippen molar-refractivity contribution in [3.05, 3.63) is 0 Å². The van der Waals surface area contributed by atoms with E-state index in [1.165, 1.54) is 0 Å². The number of hydrogen-bond donors (Lipinski definition) is 1. The Labute approximate surface area is 119 Å². The topological polar surface area (TPSA) is 76.4 Å². The summed E-state index contributed by atoms with van der Waals surface area (Å²) in [5.74, 6) is -0.0342. The highest BCUT2D eigenvalue weighted by Crippen LogP contribution is 2.39. The van der Waals surface area contributed by atoms with Crippen molar-refractivity contribution in [1.29, 1.82) is 5.26 Å². The van der Waals surface area contributed by atoms with Gasteiger partial charge in [0.15, 0.2) is 0 Å². The monoisotopic (exact) mass is 278 g/mol. The van der Waals surface area contributed by atoms with Crippen LogP contribution in [0.15, 0.2) is 0 Å². The summed E-state index contributed by atoms with van der Waals surface area (Å²) in [4.78, 5) is 27.7. The van der Waals surface area contributed by atoms with Gasteiger partial charge in [0.25, 0.3) is 0 Å². The van der Waals surface area contributed by atoms with Gasteiger partial charge in [-0.25, -0.2) is 4.79 Å². The summed E-state index contributed by atoms with van der Waals surface area (Å²) in [7, 11) is 0. The SMILES string of the molecule is CCNC(=O)N1CCN(C(=O)C2(C#N)CCCC2)CC1. The molecule has 3 amide bonds. The summed E-state index contributed by atoms with van der Waals surface area (Å²) in [6.45, 7) is 4.63. The first kappa shape index (κ1) is 14.6. The molecule has 2 aliphatic rings. The van der Waals surface area contributed by atoms with Gasteiger partial charge in [-0.1, -0.05) is 12.8 Å². The summed E-state index contributed by atoms with van der Waals surface area (Å²) in [6.07, 6.45) is 3.27. The Morgan fingerprint density at radius 3 is 2.20 bits per heavy atom. The second-order valence-corrected chi connectivity index (χ2v) is 5.52. The molecule has 2 rings (SSSR count). The van der Waals surface area contributed by atoms with Crippen molar-refractivity contribution in [3.8, 4) is 6.07 Å². The van der Waals surface area contributed by atoms with E-state index >= 15 is 0 Å². The standard InChI is InChI=1S/C14H22N4O2/c1-2-16-13(20)18-9-7-17(8-10-18)12(19)14(11-15)5-3-4-6-14/h2-10H2,1H3,(H,16,20). The van der Waals surface area contributed by atoms with E-state index in [4.69, 9.17) is 0 Å². The predicted octanol–water partition coefficient (Wildman–Crippen LogP) is 0.944. The molecule has 0 bridgehead atoms. The lowest BCUT2D eigenvalue weighted by Crippen LogP contribution is -2.55. The van der Waals surface area contributed by atoms with Gasteiger partial charge in [0.2, 0.25) is 5.91 Å². The van der Waals surface area contributed by atoms with E-state index in [1.54, 1.807) is 9.80 Å². The predicted molar refractivity (Wildman–Crippen MR) is 73.7 cm³/mol. The van der Waals surface area contributed by atoms with E-state index in [1.807, 2.05) is 6.92 Å². The summed E-state index contributed by atoms with van der Waals surface area (Å²) < 4.78 is 0. The Kier molecular flexibility index (Phi) is 4.48. The van der Waals surface area contributed by atoms with Crippen molar-refractivity contribution >= 4 is 11.9 Å². The lowest BCUT2D eigenvalue weighted by Gasteiger charge is -2.37. The molecule has 1 aliphatic carbocycles. The van der Waals surface area contributed by atoms with E-state index in [9.17, 15) is 14.9 Å². The van der Waals surface area contributed by atoms with Crippen LogP contribution in [0.25, 0.3) is 0 Å². The van der Waals surface area contributed by atoms with Gasteiger partial charge in [-0.15, -0.1) is 0 Å². The molecule has 1 saturated carbocycles. The van der Waals surface area contributed by atoms with Crippen LogP contribution in [0.3, 0.4) is 0 Å². The maximum Gasteiger partial charge on any atom is 0.317 e. The lowest BCUT2D eigenvalue weighted by molar-refractivity contribution is -0.140. The first-order valence-corrected chi connectivity index (χ1v) is 7.36. The molecule has 1 heterocycles. The van der Waals surface area contributed by atoms with Gasteiger partial charge < -0.3 is 15.1 Å². The van der Waals surface area contributed by atoms with Crippen molar-refractivity contribution in [2.75, 3.05) is 32.7 Å². The third kappa shape index (κ3) is 2.72. The molecule has 0 radical (unpaired) electrons. The number of rotatable bonds is 2. The van der Waals surface area contributed by atoms with Crippen molar-refractivity contribution in [3.63, 3.8) is 0 Å². The van der Waals surface area contributed by atoms with Crippen molar-refractivity contribution < 1.29 is 9.59 Å². The van der Waals surface area contributed by atoms with Crippen LogP contribution in [0.4, 0.5) is 4.79 Å². The highest BCUT2D eigenvalue weighted by Gasteiger charge is 2.44. The van der Waals surface area contributed by atoms with Crippen molar-refractivity contribution in [2.24, 2.45) is 5.41 Å². The minimum atomic E-state index is -0.798. The molecule has 0 spiro atoms. The molecule has 1 saturated heterocycles. The molecule has 20 heavy (non-hydrogen) atoms. The molecule has 0 aromatic heterocycles. The average molecular weight is 278 g/mol. The third-order valence-corrected chi connectivity index (χ3v) is 4.26. The first-order valence-electron chi connectivity index (χ1n) is 7.36. The minimum absolute atomic E-state index is 0.0342. The van der Waals surface area contributed by atoms with Crippen LogP contribution in [0.1, 0.15) is 32.6 Å². The molecule has 0 aromatic carbocycles. The smallest absolute Gasteiger partial charge is 0.317 e. The molecule has 1 aliphatic heterocycles. The van der Waals surface area contributed by atoms with E-state index < -0.39 is 5.41 Å². The summed E-state index contributed by atoms with van der Waals surface area (Å²) in [5, 5.41) is 12.1. The fraction of sp³-hybridized carbons (Fsp3) is 0.786. The number of carbonyl (C=O) groups excluding carboxylic acids is 2. The number of amides is 3. The van der Waals surface area contributed by atoms with Crippen LogP contribution in [0.5, 0.6) is 0 Å². The second-order valence-electron chi connectivity index (χ2n) is 5.52. The van der Waals surface area contributed by atoms with Gasteiger partial charge in [0.05, 0.1) is 6.07 Å². The molecular weight excluding hydrogens is 256 g/mol. The lowest BCUT2D eigenvalue weighted by atomic mass is 9.86. The number of hydrogen-bond acceptors (Lipinski definition) is 3. The normalized spacial score (nSPS) is 21.4. The number of piperazine rings is 1. The largest absolute Gasteiger partial charge is 0.338 e. The second kappa shape index (κ2) is 6.12. The Hall–Kier alpha value is -1.77. The molecule has 0 unspecified atom stereocenters. The third-order valence-electron chi connectivity index (χ3n) is 4.26. The zero-order chi connectivity index (χ0) is 14.6. The maximum atomic E-state index is 12.5. The fourth-order valence-electron chi connectivity index (χ4n) is 3.03. The van der Waals surface area contributed by atoms with E-state index in [-0.39, 0.29) is 11.9 Å². The van der Waals surface area contributed by atoms with Crippen LogP contribution in [0, 0.1) is 16.7 Å². The Morgan fingerprint density at radius 1 is 1.15 bits per heavy atom. The van der Waals surface area contributed by atoms with E-state index in [0.29, 0.717) is 45.6 Å². The highest BCUT2D eigenvalue weighted by molar-refractivity contribution is 5.86.